The van der Waals surface area contributed by atoms with Crippen molar-refractivity contribution in [3.63, 3.8) is 0 Å². The molecule has 1 aliphatic rings. The zero-order chi connectivity index (χ0) is 17.8. The van der Waals surface area contributed by atoms with Gasteiger partial charge in [-0.3, -0.25) is 9.63 Å². The van der Waals surface area contributed by atoms with Crippen LogP contribution in [0.5, 0.6) is 0 Å². The summed E-state index contributed by atoms with van der Waals surface area (Å²) in [6.45, 7) is 1.59. The van der Waals surface area contributed by atoms with Crippen molar-refractivity contribution in [3.8, 4) is 0 Å². The topological polar surface area (TPSA) is 84.9 Å². The fourth-order valence-corrected chi connectivity index (χ4v) is 3.26. The number of rotatable bonds is 7. The van der Waals surface area contributed by atoms with Crippen molar-refractivity contribution in [1.29, 1.82) is 0 Å². The molecule has 7 nitrogen and oxygen atoms in total. The van der Waals surface area contributed by atoms with Gasteiger partial charge in [-0.15, -0.1) is 0 Å². The first-order chi connectivity index (χ1) is 10.4. The van der Waals surface area contributed by atoms with Crippen molar-refractivity contribution < 1.29 is 36.0 Å². The van der Waals surface area contributed by atoms with E-state index in [0.29, 0.717) is 6.42 Å². The van der Waals surface area contributed by atoms with E-state index in [1.54, 1.807) is 6.92 Å². The van der Waals surface area contributed by atoms with Crippen molar-refractivity contribution in [2.45, 2.75) is 38.1 Å². The van der Waals surface area contributed by atoms with Gasteiger partial charge in [-0.2, -0.15) is 13.2 Å². The van der Waals surface area contributed by atoms with Crippen molar-refractivity contribution in [2.24, 2.45) is 5.92 Å². The van der Waals surface area contributed by atoms with E-state index in [4.69, 9.17) is 9.57 Å². The minimum atomic E-state index is -4.53. The molecule has 1 heterocycles. The van der Waals surface area contributed by atoms with Crippen LogP contribution < -0.4 is 4.72 Å². The number of carbonyl (C=O) groups excluding carboxylic acids is 1. The maximum absolute atomic E-state index is 12.1. The molecule has 1 N–H and O–H groups in total. The Morgan fingerprint density at radius 2 is 2.04 bits per heavy atom. The Kier molecular flexibility index (Phi) is 6.81. The van der Waals surface area contributed by atoms with Crippen molar-refractivity contribution in [3.05, 3.63) is 0 Å². The first kappa shape index (κ1) is 20.1. The number of hydrogen-bond acceptors (Lipinski definition) is 5. The number of likely N-dealkylation sites (N-methyl/N-ethyl adjacent to an activating group) is 1. The average Bonchev–Trinajstić information content (AvgIpc) is 2.82. The van der Waals surface area contributed by atoms with Gasteiger partial charge in [0, 0.05) is 13.6 Å². The third-order valence-electron chi connectivity index (χ3n) is 3.50. The number of halogens is 3. The molecule has 23 heavy (non-hydrogen) atoms. The van der Waals surface area contributed by atoms with Crippen LogP contribution in [-0.4, -0.2) is 64.2 Å². The van der Waals surface area contributed by atoms with Gasteiger partial charge in [0.15, 0.2) is 0 Å². The lowest BCUT2D eigenvalue weighted by Gasteiger charge is -2.20. The van der Waals surface area contributed by atoms with Crippen LogP contribution in [0.15, 0.2) is 0 Å². The van der Waals surface area contributed by atoms with E-state index < -0.39 is 46.5 Å². The van der Waals surface area contributed by atoms with E-state index in [0.717, 1.165) is 5.06 Å². The van der Waals surface area contributed by atoms with Crippen LogP contribution in [0.2, 0.25) is 0 Å². The highest BCUT2D eigenvalue weighted by atomic mass is 32.2. The Labute approximate surface area is 133 Å². The molecule has 0 radical (unpaired) electrons. The fraction of sp³-hybridized carbons (Fsp3) is 0.917. The molecule has 0 aromatic heterocycles. The second-order valence-electron chi connectivity index (χ2n) is 5.44. The van der Waals surface area contributed by atoms with Crippen molar-refractivity contribution in [1.82, 2.24) is 9.79 Å². The van der Waals surface area contributed by atoms with Gasteiger partial charge in [0.25, 0.3) is 5.91 Å². The first-order valence-electron chi connectivity index (χ1n) is 6.96. The summed E-state index contributed by atoms with van der Waals surface area (Å²) < 4.78 is 66.8. The van der Waals surface area contributed by atoms with E-state index >= 15 is 0 Å². The Bertz CT molecular complexity index is 511. The van der Waals surface area contributed by atoms with E-state index in [9.17, 15) is 26.4 Å². The molecule has 1 aliphatic heterocycles. The van der Waals surface area contributed by atoms with Crippen LogP contribution in [0.3, 0.4) is 0 Å². The Hall–Kier alpha value is -0.910. The molecular weight excluding hydrogens is 341 g/mol. The third kappa shape index (κ3) is 6.61. The lowest BCUT2D eigenvalue weighted by Crippen LogP contribution is -2.39. The van der Waals surface area contributed by atoms with Gasteiger partial charge in [-0.05, 0) is 12.3 Å². The van der Waals surface area contributed by atoms with Gasteiger partial charge in [0.2, 0.25) is 10.0 Å². The number of carbonyl (C=O) groups is 1. The number of alkyl halides is 3. The molecule has 136 valence electrons. The Morgan fingerprint density at radius 3 is 2.57 bits per heavy atom. The summed E-state index contributed by atoms with van der Waals surface area (Å²) >= 11 is 0. The summed E-state index contributed by atoms with van der Waals surface area (Å²) in [5, 5.41) is 1.01. The zero-order valence-electron chi connectivity index (χ0n) is 13.1. The standard InChI is InChI=1S/C12H21F3N2O5S/c1-8-6-9(22-10(8)11(18)17(2)21-3)7-16-23(19,20)5-4-12(13,14)15/h8-10,16H,4-7H2,1-3H3/t8-,9?,10+/m1/s1. The number of nitrogens with one attached hydrogen (secondary N) is 1. The van der Waals surface area contributed by atoms with Gasteiger partial charge in [-0.1, -0.05) is 6.92 Å². The average molecular weight is 362 g/mol. The van der Waals surface area contributed by atoms with Crippen LogP contribution in [0.25, 0.3) is 0 Å². The predicted octanol–water partition coefficient (Wildman–Crippen LogP) is 0.672. The number of amides is 1. The second-order valence-corrected chi connectivity index (χ2v) is 7.37. The second kappa shape index (κ2) is 7.77. The molecule has 0 aromatic rings. The summed E-state index contributed by atoms with van der Waals surface area (Å²) in [6.07, 6.45) is -6.88. The summed E-state index contributed by atoms with van der Waals surface area (Å²) in [7, 11) is -1.30. The highest BCUT2D eigenvalue weighted by Crippen LogP contribution is 2.27. The summed E-state index contributed by atoms with van der Waals surface area (Å²) in [6, 6.07) is 0. The molecule has 0 saturated carbocycles. The Balaban J connectivity index is 2.49. The van der Waals surface area contributed by atoms with Crippen LogP contribution in [0.1, 0.15) is 19.8 Å². The third-order valence-corrected chi connectivity index (χ3v) is 4.85. The smallest absolute Gasteiger partial charge is 0.363 e. The lowest BCUT2D eigenvalue weighted by molar-refractivity contribution is -0.181. The summed E-state index contributed by atoms with van der Waals surface area (Å²) in [5.74, 6) is -1.60. The van der Waals surface area contributed by atoms with E-state index in [1.165, 1.54) is 14.2 Å². The minimum absolute atomic E-state index is 0.162. The van der Waals surface area contributed by atoms with Gasteiger partial charge < -0.3 is 4.74 Å². The zero-order valence-corrected chi connectivity index (χ0v) is 13.9. The van der Waals surface area contributed by atoms with Crippen molar-refractivity contribution >= 4 is 15.9 Å². The molecule has 0 aliphatic carbocycles. The fourth-order valence-electron chi connectivity index (χ4n) is 2.18. The maximum Gasteiger partial charge on any atom is 0.390 e. The molecule has 1 fully saturated rings. The molecule has 1 saturated heterocycles. The molecule has 1 unspecified atom stereocenters. The maximum atomic E-state index is 12.1. The molecule has 0 spiro atoms. The molecule has 1 rings (SSSR count). The monoisotopic (exact) mass is 362 g/mol. The number of hydroxylamine groups is 2. The normalized spacial score (nSPS) is 25.6. The molecule has 3 atom stereocenters. The largest absolute Gasteiger partial charge is 0.390 e. The summed E-state index contributed by atoms with van der Waals surface area (Å²) in [5.41, 5.74) is 0. The lowest BCUT2D eigenvalue weighted by atomic mass is 10.0. The molecule has 1 amide bonds. The highest BCUT2D eigenvalue weighted by Gasteiger charge is 2.39. The number of hydrogen-bond donors (Lipinski definition) is 1. The number of sulfonamides is 1. The molecular formula is C12H21F3N2O5S. The van der Waals surface area contributed by atoms with Crippen LogP contribution in [0.4, 0.5) is 13.2 Å². The van der Waals surface area contributed by atoms with E-state index in [-0.39, 0.29) is 12.5 Å². The molecule has 0 aromatic carbocycles. The number of nitrogens with zero attached hydrogens (tertiary/aromatic N) is 1. The van der Waals surface area contributed by atoms with Gasteiger partial charge in [0.1, 0.15) is 6.10 Å². The quantitative estimate of drug-likeness (QED) is 0.673. The van der Waals surface area contributed by atoms with Gasteiger partial charge in [0.05, 0.1) is 25.4 Å². The van der Waals surface area contributed by atoms with Crippen LogP contribution >= 0.6 is 0 Å². The minimum Gasteiger partial charge on any atom is -0.363 e. The van der Waals surface area contributed by atoms with Gasteiger partial charge in [-0.25, -0.2) is 18.2 Å². The van der Waals surface area contributed by atoms with Crippen LogP contribution in [0, 0.1) is 5.92 Å². The molecule has 11 heteroatoms. The highest BCUT2D eigenvalue weighted by molar-refractivity contribution is 7.89. The van der Waals surface area contributed by atoms with Gasteiger partial charge >= 0.3 is 6.18 Å². The first-order valence-corrected chi connectivity index (χ1v) is 8.61. The summed E-state index contributed by atoms with van der Waals surface area (Å²) in [4.78, 5) is 16.7. The number of ether oxygens (including phenoxy) is 1. The Morgan fingerprint density at radius 1 is 1.43 bits per heavy atom. The van der Waals surface area contributed by atoms with E-state index in [2.05, 4.69) is 4.72 Å². The van der Waals surface area contributed by atoms with E-state index in [1.807, 2.05) is 0 Å². The SMILES string of the molecule is CON(C)C(=O)[C@H]1OC(CNS(=O)(=O)CCC(F)(F)F)C[C@H]1C. The molecule has 0 bridgehead atoms. The van der Waals surface area contributed by atoms with Crippen LogP contribution in [-0.2, 0) is 24.4 Å². The van der Waals surface area contributed by atoms with Crippen molar-refractivity contribution in [2.75, 3.05) is 26.5 Å². The predicted molar refractivity (Wildman–Crippen MR) is 74.7 cm³/mol.